The van der Waals surface area contributed by atoms with Gasteiger partial charge in [-0.25, -0.2) is 4.57 Å². The van der Waals surface area contributed by atoms with Crippen LogP contribution in [-0.2, 0) is 32.7 Å². The molecule has 9 nitrogen and oxygen atoms in total. The zero-order valence-electron chi connectivity index (χ0n) is 60.1. The minimum atomic E-state index is -4.40. The van der Waals surface area contributed by atoms with Crippen LogP contribution in [0.3, 0.4) is 0 Å². The molecule has 0 radical (unpaired) electrons. The Morgan fingerprint density at radius 2 is 0.571 bits per heavy atom. The fourth-order valence-corrected chi connectivity index (χ4v) is 12.5. The quantitative estimate of drug-likeness (QED) is 0.0264. The van der Waals surface area contributed by atoms with Crippen molar-refractivity contribution in [2.75, 3.05) is 26.4 Å². The number of allylic oxidation sites excluding steroid dienone is 12. The molecule has 0 spiro atoms. The standard InChI is InChI=1S/C81H150NO8P/c1-3-5-7-9-11-13-15-17-19-21-23-25-27-29-31-33-35-37-38-39-40-42-44-46-48-50-52-54-56-58-60-62-64-66-68-70-72-74-81(84)90-79(78-89-91(85,86)88-76-75-82)77-87-80(83)73-71-69-67-65-63-61-59-57-55-53-51-49-47-45-43-41-36-34-32-30-28-26-24-22-20-18-16-14-12-10-8-6-4-2/h15-18,21-24,27-30,79H,3-14,19-20,25-26,31-78,82H2,1-2H3,(H,85,86)/b17-15-,18-16-,23-21-,24-22-,29-27-,30-28-. The molecule has 2 unspecified atom stereocenters. The first-order chi connectivity index (χ1) is 44.8. The van der Waals surface area contributed by atoms with Gasteiger partial charge in [-0.1, -0.05) is 369 Å². The minimum absolute atomic E-state index is 0.0543. The second-order valence-corrected chi connectivity index (χ2v) is 28.0. The van der Waals surface area contributed by atoms with E-state index in [1.807, 2.05) is 0 Å². The third-order valence-corrected chi connectivity index (χ3v) is 18.5. The van der Waals surface area contributed by atoms with E-state index in [1.54, 1.807) is 0 Å². The third kappa shape index (κ3) is 76.4. The number of unbranched alkanes of at least 4 members (excludes halogenated alkanes) is 50. The van der Waals surface area contributed by atoms with Gasteiger partial charge in [-0.2, -0.15) is 0 Å². The second-order valence-electron chi connectivity index (χ2n) is 26.6. The molecular formula is C81H150NO8P. The fourth-order valence-electron chi connectivity index (χ4n) is 11.7. The summed E-state index contributed by atoms with van der Waals surface area (Å²) in [6.07, 6.45) is 102. The molecule has 0 aromatic carbocycles. The van der Waals surface area contributed by atoms with Gasteiger partial charge in [0, 0.05) is 19.4 Å². The predicted molar refractivity (Wildman–Crippen MR) is 395 cm³/mol. The van der Waals surface area contributed by atoms with E-state index in [4.69, 9.17) is 24.3 Å². The van der Waals surface area contributed by atoms with Gasteiger partial charge < -0.3 is 20.1 Å². The van der Waals surface area contributed by atoms with Crippen molar-refractivity contribution in [1.29, 1.82) is 0 Å². The van der Waals surface area contributed by atoms with E-state index in [9.17, 15) is 19.0 Å². The van der Waals surface area contributed by atoms with Crippen LogP contribution in [0.5, 0.6) is 0 Å². The molecule has 0 amide bonds. The molecule has 0 aromatic heterocycles. The van der Waals surface area contributed by atoms with Crippen molar-refractivity contribution in [2.24, 2.45) is 5.73 Å². The van der Waals surface area contributed by atoms with E-state index in [-0.39, 0.29) is 38.6 Å². The Morgan fingerprint density at radius 3 is 0.846 bits per heavy atom. The lowest BCUT2D eigenvalue weighted by atomic mass is 10.0. The van der Waals surface area contributed by atoms with Gasteiger partial charge >= 0.3 is 19.8 Å². The van der Waals surface area contributed by atoms with Gasteiger partial charge in [0.05, 0.1) is 13.2 Å². The van der Waals surface area contributed by atoms with Crippen LogP contribution in [-0.4, -0.2) is 49.3 Å². The lowest BCUT2D eigenvalue weighted by Gasteiger charge is -2.19. The van der Waals surface area contributed by atoms with Gasteiger partial charge in [0.15, 0.2) is 6.10 Å². The maximum atomic E-state index is 12.8. The molecule has 0 fully saturated rings. The number of phosphoric ester groups is 1. The number of carbonyl (C=O) groups excluding carboxylic acids is 2. The molecule has 0 saturated carbocycles. The SMILES string of the molecule is CCCCCCC/C=C\C/C=C\C/C=C\CCCCCCCCCCCCCCCCCCCCCCCCC(=O)OC(COC(=O)CCCCCCCCCCCCCCCCCCCC/C=C\C/C=C\C/C=C\CCCCCCC)COP(=O)(O)OCCN. The van der Waals surface area contributed by atoms with Gasteiger partial charge in [-0.3, -0.25) is 18.6 Å². The van der Waals surface area contributed by atoms with Crippen molar-refractivity contribution >= 4 is 19.8 Å². The Morgan fingerprint density at radius 1 is 0.330 bits per heavy atom. The first-order valence-electron chi connectivity index (χ1n) is 39.4. The topological polar surface area (TPSA) is 134 Å². The van der Waals surface area contributed by atoms with E-state index in [1.165, 1.54) is 308 Å². The van der Waals surface area contributed by atoms with Gasteiger partial charge in [-0.05, 0) is 89.9 Å². The summed E-state index contributed by atoms with van der Waals surface area (Å²) in [7, 11) is -4.40. The van der Waals surface area contributed by atoms with Crippen LogP contribution < -0.4 is 5.73 Å². The largest absolute Gasteiger partial charge is 0.472 e. The van der Waals surface area contributed by atoms with Crippen LogP contribution in [0.25, 0.3) is 0 Å². The molecule has 2 atom stereocenters. The Balaban J connectivity index is 3.79. The van der Waals surface area contributed by atoms with E-state index < -0.39 is 26.5 Å². The lowest BCUT2D eigenvalue weighted by Crippen LogP contribution is -2.29. The molecule has 3 N–H and O–H groups in total. The number of phosphoric acid groups is 1. The Bertz CT molecular complexity index is 1720. The number of hydrogen-bond donors (Lipinski definition) is 2. The fraction of sp³-hybridized carbons (Fsp3) is 0.827. The Labute approximate surface area is 564 Å². The molecule has 0 bridgehead atoms. The van der Waals surface area contributed by atoms with Crippen molar-refractivity contribution in [3.05, 3.63) is 72.9 Å². The summed E-state index contributed by atoms with van der Waals surface area (Å²) < 4.78 is 33.3. The van der Waals surface area contributed by atoms with Crippen LogP contribution >= 0.6 is 7.82 Å². The highest BCUT2D eigenvalue weighted by Gasteiger charge is 2.26. The molecule has 0 saturated heterocycles. The van der Waals surface area contributed by atoms with Crippen molar-refractivity contribution in [2.45, 2.75) is 405 Å². The highest BCUT2D eigenvalue weighted by Crippen LogP contribution is 2.43. The normalized spacial score (nSPS) is 13.2. The van der Waals surface area contributed by atoms with Gasteiger partial charge in [0.2, 0.25) is 0 Å². The first kappa shape index (κ1) is 88.5. The van der Waals surface area contributed by atoms with E-state index >= 15 is 0 Å². The molecule has 0 rings (SSSR count). The highest BCUT2D eigenvalue weighted by atomic mass is 31.2. The summed E-state index contributed by atoms with van der Waals surface area (Å²) in [6, 6.07) is 0. The van der Waals surface area contributed by atoms with Gasteiger partial charge in [0.25, 0.3) is 0 Å². The number of ether oxygens (including phenoxy) is 2. The summed E-state index contributed by atoms with van der Waals surface area (Å²) in [5.74, 6) is -0.807. The maximum Gasteiger partial charge on any atom is 0.472 e. The summed E-state index contributed by atoms with van der Waals surface area (Å²) in [5, 5.41) is 0. The maximum absolute atomic E-state index is 12.8. The number of nitrogens with two attached hydrogens (primary N) is 1. The summed E-state index contributed by atoms with van der Waals surface area (Å²) in [5.41, 5.74) is 5.41. The zero-order chi connectivity index (χ0) is 65.8. The van der Waals surface area contributed by atoms with Crippen LogP contribution in [0.4, 0.5) is 0 Å². The average molecular weight is 1300 g/mol. The van der Waals surface area contributed by atoms with Gasteiger partial charge in [0.1, 0.15) is 6.61 Å². The summed E-state index contributed by atoms with van der Waals surface area (Å²) >= 11 is 0. The van der Waals surface area contributed by atoms with Crippen molar-refractivity contribution in [1.82, 2.24) is 0 Å². The molecule has 0 aliphatic carbocycles. The van der Waals surface area contributed by atoms with E-state index in [0.717, 1.165) is 57.8 Å². The number of rotatable bonds is 75. The predicted octanol–water partition coefficient (Wildman–Crippen LogP) is 26.3. The minimum Gasteiger partial charge on any atom is -0.462 e. The lowest BCUT2D eigenvalue weighted by molar-refractivity contribution is -0.161. The van der Waals surface area contributed by atoms with E-state index in [0.29, 0.717) is 6.42 Å². The molecule has 532 valence electrons. The smallest absolute Gasteiger partial charge is 0.462 e. The second kappa shape index (κ2) is 76.5. The van der Waals surface area contributed by atoms with Crippen molar-refractivity contribution in [3.8, 4) is 0 Å². The molecule has 0 heterocycles. The summed E-state index contributed by atoms with van der Waals surface area (Å²) in [4.78, 5) is 35.5. The van der Waals surface area contributed by atoms with Crippen LogP contribution in [0, 0.1) is 0 Å². The van der Waals surface area contributed by atoms with E-state index in [2.05, 4.69) is 86.8 Å². The van der Waals surface area contributed by atoms with Crippen molar-refractivity contribution in [3.63, 3.8) is 0 Å². The molecular weight excluding hydrogens is 1150 g/mol. The average Bonchev–Trinajstić information content (AvgIpc) is 3.74. The van der Waals surface area contributed by atoms with Crippen molar-refractivity contribution < 1.29 is 37.6 Å². The van der Waals surface area contributed by atoms with Crippen LogP contribution in [0.1, 0.15) is 399 Å². The van der Waals surface area contributed by atoms with Gasteiger partial charge in [-0.15, -0.1) is 0 Å². The Kier molecular flexibility index (Phi) is 74.3. The third-order valence-electron chi connectivity index (χ3n) is 17.6. The monoisotopic (exact) mass is 1300 g/mol. The summed E-state index contributed by atoms with van der Waals surface area (Å²) in [6.45, 7) is 3.78. The molecule has 91 heavy (non-hydrogen) atoms. The number of carbonyl (C=O) groups is 2. The van der Waals surface area contributed by atoms with Crippen LogP contribution in [0.2, 0.25) is 0 Å². The molecule has 10 heteroatoms. The zero-order valence-corrected chi connectivity index (χ0v) is 61.0. The van der Waals surface area contributed by atoms with Crippen LogP contribution in [0.15, 0.2) is 72.9 Å². The molecule has 0 aliphatic rings. The highest BCUT2D eigenvalue weighted by molar-refractivity contribution is 7.47. The Hall–Kier alpha value is -2.55. The number of hydrogen-bond acceptors (Lipinski definition) is 8. The molecule has 0 aliphatic heterocycles. The molecule has 0 aromatic rings. The first-order valence-corrected chi connectivity index (χ1v) is 40.9. The number of esters is 2.